The largest absolute Gasteiger partial charge is 0.458 e. The third-order valence-corrected chi connectivity index (χ3v) is 16.5. The number of cyclic esters (lactones) is 1. The molecule has 61 heavy (non-hydrogen) atoms. The molecule has 0 amide bonds. The number of ether oxygens (including phenoxy) is 8. The molecule has 0 aromatic rings. The quantitative estimate of drug-likeness (QED) is 0.0818. The molecule has 3 saturated heterocycles. The van der Waals surface area contributed by atoms with Gasteiger partial charge in [0.05, 0.1) is 37.1 Å². The van der Waals surface area contributed by atoms with Gasteiger partial charge < -0.3 is 89.0 Å². The summed E-state index contributed by atoms with van der Waals surface area (Å²) in [5, 5.41) is 109. The van der Waals surface area contributed by atoms with Crippen LogP contribution in [0.2, 0.25) is 0 Å². The number of carbonyl (C=O) groups excluding carboxylic acids is 1. The number of methoxy groups -OCH3 is 1. The Morgan fingerprint density at radius 3 is 2.02 bits per heavy atom. The fraction of sp³-hybridized carbons (Fsp3) is 0.929. The molecule has 4 aliphatic carbocycles. The lowest BCUT2D eigenvalue weighted by molar-refractivity contribution is -0.381. The lowest BCUT2D eigenvalue weighted by Gasteiger charge is -2.63. The SMILES string of the molecule is CO[C@@H]1[C@H](O[C@@H]2O[C@H](CO)[C@@H](O)[C@H](O[C@@H]3O[C@H](CO)[C@@H](O)[C@H](O)[C@H]3O)[C@H]2O)[C@H](C)OC(O[C@H]2CC[C@@]3(C)[C@H](CC[C@@H]4[C@@H]3CC[C@]3(C)[C@@H](C5=CC(=O)OC5)[C@@H](O)C[C@]43O)C2)[C@H]1O. The molecule has 0 spiro atoms. The van der Waals surface area contributed by atoms with Crippen molar-refractivity contribution in [1.82, 2.24) is 0 Å². The Balaban J connectivity index is 0.903. The molecule has 10 N–H and O–H groups in total. The summed E-state index contributed by atoms with van der Waals surface area (Å²) in [4.78, 5) is 12.0. The van der Waals surface area contributed by atoms with Crippen LogP contribution in [0.25, 0.3) is 0 Å². The molecule has 348 valence electrons. The molecule has 8 aliphatic rings. The van der Waals surface area contributed by atoms with Gasteiger partial charge in [0.1, 0.15) is 73.8 Å². The molecule has 0 radical (unpaired) electrons. The van der Waals surface area contributed by atoms with Crippen molar-refractivity contribution in [3.05, 3.63) is 11.6 Å². The summed E-state index contributed by atoms with van der Waals surface area (Å²) in [6.45, 7) is 4.75. The van der Waals surface area contributed by atoms with E-state index < -0.39 is 128 Å². The molecule has 0 aromatic carbocycles. The lowest BCUT2D eigenvalue weighted by atomic mass is 9.43. The van der Waals surface area contributed by atoms with Crippen molar-refractivity contribution in [1.29, 1.82) is 0 Å². The van der Waals surface area contributed by atoms with Crippen LogP contribution in [0.15, 0.2) is 11.6 Å². The van der Waals surface area contributed by atoms with Crippen LogP contribution in [-0.2, 0) is 42.7 Å². The molecule has 19 heteroatoms. The highest BCUT2D eigenvalue weighted by molar-refractivity contribution is 5.85. The smallest absolute Gasteiger partial charge is 0.331 e. The Bertz CT molecular complexity index is 1600. The minimum absolute atomic E-state index is 0.0101. The first-order valence-electron chi connectivity index (χ1n) is 21.9. The number of aliphatic hydroxyl groups excluding tert-OH is 9. The maximum Gasteiger partial charge on any atom is 0.331 e. The van der Waals surface area contributed by atoms with Crippen molar-refractivity contribution >= 4 is 5.97 Å². The highest BCUT2D eigenvalue weighted by atomic mass is 16.8. The van der Waals surface area contributed by atoms with Crippen molar-refractivity contribution in [2.24, 2.45) is 34.5 Å². The molecule has 19 nitrogen and oxygen atoms in total. The Hall–Kier alpha value is -1.47. The fourth-order valence-electron chi connectivity index (χ4n) is 13.1. The molecule has 4 heterocycles. The van der Waals surface area contributed by atoms with Crippen LogP contribution >= 0.6 is 0 Å². The van der Waals surface area contributed by atoms with E-state index in [-0.39, 0.29) is 48.2 Å². The second-order valence-electron chi connectivity index (χ2n) is 19.5. The van der Waals surface area contributed by atoms with Gasteiger partial charge in [-0.05, 0) is 80.6 Å². The minimum atomic E-state index is -1.84. The highest BCUT2D eigenvalue weighted by Gasteiger charge is 2.70. The number of hydrogen-bond acceptors (Lipinski definition) is 19. The zero-order chi connectivity index (χ0) is 43.9. The predicted octanol–water partition coefficient (Wildman–Crippen LogP) is -2.27. The number of hydrogen-bond donors (Lipinski definition) is 10. The molecule has 0 aromatic heterocycles. The molecule has 1 unspecified atom stereocenters. The van der Waals surface area contributed by atoms with E-state index in [1.807, 2.05) is 0 Å². The average molecular weight is 875 g/mol. The topological polar surface area (TPSA) is 293 Å². The van der Waals surface area contributed by atoms with E-state index in [9.17, 15) is 55.9 Å². The third kappa shape index (κ3) is 7.63. The van der Waals surface area contributed by atoms with Crippen molar-refractivity contribution in [3.63, 3.8) is 0 Å². The Labute approximate surface area is 354 Å². The number of aliphatic hydroxyl groups is 10. The van der Waals surface area contributed by atoms with Gasteiger partial charge in [-0.25, -0.2) is 4.79 Å². The molecule has 8 rings (SSSR count). The van der Waals surface area contributed by atoms with E-state index in [1.165, 1.54) is 13.2 Å². The summed E-state index contributed by atoms with van der Waals surface area (Å²) >= 11 is 0. The van der Waals surface area contributed by atoms with Crippen LogP contribution in [0.5, 0.6) is 0 Å². The van der Waals surface area contributed by atoms with Gasteiger partial charge in [0.15, 0.2) is 18.9 Å². The van der Waals surface area contributed by atoms with E-state index in [2.05, 4.69) is 13.8 Å². The van der Waals surface area contributed by atoms with Gasteiger partial charge in [0, 0.05) is 30.9 Å². The van der Waals surface area contributed by atoms with E-state index >= 15 is 0 Å². The van der Waals surface area contributed by atoms with Crippen LogP contribution in [0, 0.1) is 34.5 Å². The summed E-state index contributed by atoms with van der Waals surface area (Å²) in [5.74, 6) is -0.253. The molecular formula is C42H66O19. The molecular weight excluding hydrogens is 808 g/mol. The summed E-state index contributed by atoms with van der Waals surface area (Å²) < 4.78 is 46.7. The molecule has 4 aliphatic heterocycles. The number of rotatable bonds is 10. The first-order valence-corrected chi connectivity index (χ1v) is 21.9. The minimum Gasteiger partial charge on any atom is -0.458 e. The summed E-state index contributed by atoms with van der Waals surface area (Å²) in [6.07, 6.45) is -15.6. The molecule has 4 saturated carbocycles. The standard InChI is InChI=1S/C42H66O19/c1-17-34(60-39-32(51)35(29(48)25(15-44)59-39)61-37-31(50)30(49)28(47)24(14-43)58-37)36(54-4)33(52)38(56-17)57-20-7-9-40(2)19(12-20)5-6-22-21(40)8-10-41(3)27(18-11-26(46)55-16-18)23(45)13-42(22,41)53/h11,17,19-25,27-39,43-45,47-53H,5-10,12-16H2,1-4H3/t17-,19+,20-,21-,22+,23-,24+,25+,27-,28+,29+,30-,31+,32+,33-,34+,35-,36-,37-,38?,39-,40-,41+,42-/m0/s1. The highest BCUT2D eigenvalue weighted by Crippen LogP contribution is 2.70. The van der Waals surface area contributed by atoms with Gasteiger partial charge in [-0.1, -0.05) is 13.8 Å². The first-order chi connectivity index (χ1) is 28.9. The molecule has 7 fully saturated rings. The second-order valence-corrected chi connectivity index (χ2v) is 19.5. The van der Waals surface area contributed by atoms with Gasteiger partial charge in [0.2, 0.25) is 0 Å². The first kappa shape index (κ1) is 46.1. The van der Waals surface area contributed by atoms with E-state index in [0.717, 1.165) is 37.7 Å². The average Bonchev–Trinajstić information content (AvgIpc) is 3.74. The van der Waals surface area contributed by atoms with Gasteiger partial charge in [0.25, 0.3) is 0 Å². The van der Waals surface area contributed by atoms with Crippen LogP contribution in [0.3, 0.4) is 0 Å². The van der Waals surface area contributed by atoms with E-state index in [1.54, 1.807) is 6.92 Å². The number of fused-ring (bicyclic) bond motifs is 5. The van der Waals surface area contributed by atoms with E-state index in [0.29, 0.717) is 12.8 Å². The number of esters is 1. The van der Waals surface area contributed by atoms with Crippen molar-refractivity contribution in [2.45, 2.75) is 182 Å². The lowest BCUT2D eigenvalue weighted by Crippen LogP contribution is -2.66. The van der Waals surface area contributed by atoms with Crippen LogP contribution in [0.1, 0.15) is 72.1 Å². The third-order valence-electron chi connectivity index (χ3n) is 16.5. The Morgan fingerprint density at radius 2 is 1.36 bits per heavy atom. The molecule has 24 atom stereocenters. The zero-order valence-electron chi connectivity index (χ0n) is 35.1. The van der Waals surface area contributed by atoms with Gasteiger partial charge in [-0.15, -0.1) is 0 Å². The predicted molar refractivity (Wildman–Crippen MR) is 204 cm³/mol. The summed E-state index contributed by atoms with van der Waals surface area (Å²) in [7, 11) is 1.37. The molecule has 0 bridgehead atoms. The van der Waals surface area contributed by atoms with Gasteiger partial charge >= 0.3 is 5.97 Å². The Morgan fingerprint density at radius 1 is 0.721 bits per heavy atom. The van der Waals surface area contributed by atoms with Crippen molar-refractivity contribution < 1.29 is 93.8 Å². The van der Waals surface area contributed by atoms with Crippen LogP contribution < -0.4 is 0 Å². The monoisotopic (exact) mass is 874 g/mol. The van der Waals surface area contributed by atoms with Crippen LogP contribution in [-0.4, -0.2) is 194 Å². The van der Waals surface area contributed by atoms with Crippen LogP contribution in [0.4, 0.5) is 0 Å². The number of carbonyl (C=O) groups is 1. The summed E-state index contributed by atoms with van der Waals surface area (Å²) in [6, 6.07) is 0. The van der Waals surface area contributed by atoms with Gasteiger partial charge in [-0.3, -0.25) is 0 Å². The fourth-order valence-corrected chi connectivity index (χ4v) is 13.1. The van der Waals surface area contributed by atoms with Crippen molar-refractivity contribution in [3.8, 4) is 0 Å². The van der Waals surface area contributed by atoms with Crippen molar-refractivity contribution in [2.75, 3.05) is 26.9 Å². The van der Waals surface area contributed by atoms with Gasteiger partial charge in [-0.2, -0.15) is 0 Å². The second kappa shape index (κ2) is 17.4. The normalized spacial score (nSPS) is 55.0. The summed E-state index contributed by atoms with van der Waals surface area (Å²) in [5.41, 5.74) is -1.00. The zero-order valence-corrected chi connectivity index (χ0v) is 35.1. The maximum absolute atomic E-state index is 12.6. The van der Waals surface area contributed by atoms with E-state index in [4.69, 9.17) is 37.9 Å². The Kier molecular flexibility index (Phi) is 13.1. The maximum atomic E-state index is 12.6.